The zero-order valence-corrected chi connectivity index (χ0v) is 13.4. The second-order valence-corrected chi connectivity index (χ2v) is 5.56. The first-order chi connectivity index (χ1) is 10.6. The Morgan fingerprint density at radius 3 is 2.27 bits per heavy atom. The molecule has 0 radical (unpaired) electrons. The third-order valence-corrected chi connectivity index (χ3v) is 4.23. The lowest BCUT2D eigenvalue weighted by Crippen LogP contribution is -2.24. The van der Waals surface area contributed by atoms with Crippen molar-refractivity contribution >= 4 is 23.6 Å². The summed E-state index contributed by atoms with van der Waals surface area (Å²) in [5.74, 6) is 1.03. The predicted molar refractivity (Wildman–Crippen MR) is 83.1 cm³/mol. The summed E-state index contributed by atoms with van der Waals surface area (Å²) in [6, 6.07) is 4.90. The number of esters is 1. The number of ether oxygens (including phenoxy) is 3. The highest BCUT2D eigenvalue weighted by molar-refractivity contribution is 8.04. The van der Waals surface area contributed by atoms with Gasteiger partial charge in [0.2, 0.25) is 0 Å². The first-order valence-electron chi connectivity index (χ1n) is 6.57. The molecule has 22 heavy (non-hydrogen) atoms. The van der Waals surface area contributed by atoms with Crippen molar-refractivity contribution < 1.29 is 23.8 Å². The van der Waals surface area contributed by atoms with Gasteiger partial charge in [-0.1, -0.05) is 0 Å². The van der Waals surface area contributed by atoms with Crippen molar-refractivity contribution in [1.82, 2.24) is 5.32 Å². The van der Waals surface area contributed by atoms with E-state index in [1.807, 2.05) is 0 Å². The van der Waals surface area contributed by atoms with Gasteiger partial charge in [0.15, 0.2) is 0 Å². The summed E-state index contributed by atoms with van der Waals surface area (Å²) in [5, 5.41) is 2.77. The molecular weight excluding hydrogens is 306 g/mol. The van der Waals surface area contributed by atoms with Gasteiger partial charge in [-0.05, 0) is 18.6 Å². The minimum absolute atomic E-state index is 0.323. The minimum Gasteiger partial charge on any atom is -0.497 e. The van der Waals surface area contributed by atoms with E-state index in [-0.39, 0.29) is 5.91 Å². The van der Waals surface area contributed by atoms with E-state index in [1.165, 1.54) is 33.1 Å². The van der Waals surface area contributed by atoms with E-state index in [9.17, 15) is 9.59 Å². The van der Waals surface area contributed by atoms with Gasteiger partial charge < -0.3 is 19.5 Å². The van der Waals surface area contributed by atoms with Crippen LogP contribution in [0.2, 0.25) is 0 Å². The first kappa shape index (κ1) is 16.2. The normalized spacial score (nSPS) is 13.8. The monoisotopic (exact) mass is 323 g/mol. The van der Waals surface area contributed by atoms with Crippen LogP contribution in [0.15, 0.2) is 28.8 Å². The van der Waals surface area contributed by atoms with E-state index < -0.39 is 5.97 Å². The Morgan fingerprint density at radius 1 is 1.09 bits per heavy atom. The molecule has 1 aliphatic heterocycles. The predicted octanol–water partition coefficient (Wildman–Crippen LogP) is 1.96. The van der Waals surface area contributed by atoms with Crippen LogP contribution in [-0.4, -0.2) is 39.0 Å². The highest BCUT2D eigenvalue weighted by atomic mass is 32.2. The van der Waals surface area contributed by atoms with E-state index in [0.717, 1.165) is 5.75 Å². The molecule has 118 valence electrons. The number of carbonyl (C=O) groups excluding carboxylic acids is 2. The molecular formula is C15H17NO5S. The molecule has 1 aliphatic rings. The maximum Gasteiger partial charge on any atom is 0.346 e. The highest BCUT2D eigenvalue weighted by Crippen LogP contribution is 2.31. The number of methoxy groups -OCH3 is 3. The molecule has 1 amide bonds. The minimum atomic E-state index is -0.430. The van der Waals surface area contributed by atoms with Gasteiger partial charge in [0.05, 0.1) is 21.3 Å². The summed E-state index contributed by atoms with van der Waals surface area (Å²) in [6.07, 6.45) is 0.613. The van der Waals surface area contributed by atoms with Crippen molar-refractivity contribution in [2.24, 2.45) is 0 Å². The molecule has 0 aromatic heterocycles. The van der Waals surface area contributed by atoms with Gasteiger partial charge in [-0.3, -0.25) is 4.79 Å². The van der Waals surface area contributed by atoms with Crippen LogP contribution in [-0.2, 0) is 9.53 Å². The highest BCUT2D eigenvalue weighted by Gasteiger charge is 2.24. The molecule has 1 aromatic rings. The Hall–Kier alpha value is -2.15. The van der Waals surface area contributed by atoms with Crippen molar-refractivity contribution in [3.63, 3.8) is 0 Å². The quantitative estimate of drug-likeness (QED) is 0.835. The molecule has 0 fully saturated rings. The molecule has 2 rings (SSSR count). The molecule has 1 N–H and O–H groups in total. The van der Waals surface area contributed by atoms with Crippen LogP contribution in [0.3, 0.4) is 0 Å². The average Bonchev–Trinajstić information content (AvgIpc) is 3.01. The second kappa shape index (κ2) is 7.22. The SMILES string of the molecule is COC(=O)C1=C(NC(=O)c2cc(OC)cc(OC)c2)CCS1. The van der Waals surface area contributed by atoms with Gasteiger partial charge in [0.1, 0.15) is 16.4 Å². The van der Waals surface area contributed by atoms with Gasteiger partial charge in [0.25, 0.3) is 5.91 Å². The summed E-state index contributed by atoms with van der Waals surface area (Å²) in [6.45, 7) is 0. The lowest BCUT2D eigenvalue weighted by Gasteiger charge is -2.10. The lowest BCUT2D eigenvalue weighted by molar-refractivity contribution is -0.135. The second-order valence-electron chi connectivity index (χ2n) is 4.45. The van der Waals surface area contributed by atoms with E-state index in [0.29, 0.717) is 34.1 Å². The maximum atomic E-state index is 12.4. The Balaban J connectivity index is 2.23. The number of benzene rings is 1. The van der Waals surface area contributed by atoms with Crippen LogP contribution < -0.4 is 14.8 Å². The van der Waals surface area contributed by atoms with Crippen LogP contribution >= 0.6 is 11.8 Å². The van der Waals surface area contributed by atoms with Crippen molar-refractivity contribution in [1.29, 1.82) is 0 Å². The van der Waals surface area contributed by atoms with Crippen LogP contribution in [0.5, 0.6) is 11.5 Å². The molecule has 0 unspecified atom stereocenters. The topological polar surface area (TPSA) is 73.9 Å². The third-order valence-electron chi connectivity index (χ3n) is 3.12. The van der Waals surface area contributed by atoms with E-state index in [1.54, 1.807) is 18.2 Å². The summed E-state index contributed by atoms with van der Waals surface area (Å²) in [4.78, 5) is 24.5. The summed E-state index contributed by atoms with van der Waals surface area (Å²) in [7, 11) is 4.35. The van der Waals surface area contributed by atoms with Gasteiger partial charge in [0, 0.05) is 23.1 Å². The van der Waals surface area contributed by atoms with Crippen molar-refractivity contribution in [2.75, 3.05) is 27.1 Å². The van der Waals surface area contributed by atoms with E-state index in [4.69, 9.17) is 14.2 Å². The number of nitrogens with one attached hydrogen (secondary N) is 1. The number of amides is 1. The number of rotatable bonds is 5. The van der Waals surface area contributed by atoms with Crippen molar-refractivity contribution in [2.45, 2.75) is 6.42 Å². The van der Waals surface area contributed by atoms with Crippen LogP contribution in [0.4, 0.5) is 0 Å². The zero-order valence-electron chi connectivity index (χ0n) is 12.6. The number of thioether (sulfide) groups is 1. The number of hydrogen-bond donors (Lipinski definition) is 1. The lowest BCUT2D eigenvalue weighted by atomic mass is 10.1. The van der Waals surface area contributed by atoms with Crippen LogP contribution in [0.25, 0.3) is 0 Å². The fraction of sp³-hybridized carbons (Fsp3) is 0.333. The fourth-order valence-corrected chi connectivity index (χ4v) is 3.04. The van der Waals surface area contributed by atoms with Crippen molar-refractivity contribution in [3.8, 4) is 11.5 Å². The summed E-state index contributed by atoms with van der Waals surface area (Å²) < 4.78 is 15.0. The Bertz CT molecular complexity index is 604. The molecule has 0 saturated heterocycles. The molecule has 0 bridgehead atoms. The smallest absolute Gasteiger partial charge is 0.346 e. The maximum absolute atomic E-state index is 12.4. The number of carbonyl (C=O) groups is 2. The van der Waals surface area contributed by atoms with Gasteiger partial charge in [-0.25, -0.2) is 4.79 Å². The Labute approximate surface area is 132 Å². The van der Waals surface area contributed by atoms with Gasteiger partial charge in [-0.15, -0.1) is 11.8 Å². The Morgan fingerprint density at radius 2 is 1.73 bits per heavy atom. The molecule has 1 heterocycles. The summed E-state index contributed by atoms with van der Waals surface area (Å²) in [5.41, 5.74) is 0.980. The van der Waals surface area contributed by atoms with E-state index in [2.05, 4.69) is 5.32 Å². The van der Waals surface area contributed by atoms with Crippen LogP contribution in [0.1, 0.15) is 16.8 Å². The fourth-order valence-electron chi connectivity index (χ4n) is 2.00. The molecule has 0 saturated carbocycles. The molecule has 1 aromatic carbocycles. The average molecular weight is 323 g/mol. The molecule has 7 heteroatoms. The Kier molecular flexibility index (Phi) is 5.32. The number of allylic oxidation sites excluding steroid dienone is 1. The first-order valence-corrected chi connectivity index (χ1v) is 7.56. The molecule has 0 atom stereocenters. The van der Waals surface area contributed by atoms with E-state index >= 15 is 0 Å². The third kappa shape index (κ3) is 3.54. The molecule has 6 nitrogen and oxygen atoms in total. The van der Waals surface area contributed by atoms with Gasteiger partial charge >= 0.3 is 5.97 Å². The molecule has 0 aliphatic carbocycles. The van der Waals surface area contributed by atoms with Gasteiger partial charge in [-0.2, -0.15) is 0 Å². The number of hydrogen-bond acceptors (Lipinski definition) is 6. The molecule has 0 spiro atoms. The standard InChI is InChI=1S/C15H17NO5S/c1-19-10-6-9(7-11(8-10)20-2)14(17)16-12-4-5-22-13(12)15(18)21-3/h6-8H,4-5H2,1-3H3,(H,16,17). The summed E-state index contributed by atoms with van der Waals surface area (Å²) >= 11 is 1.38. The van der Waals surface area contributed by atoms with Crippen molar-refractivity contribution in [3.05, 3.63) is 34.4 Å². The van der Waals surface area contributed by atoms with Crippen LogP contribution in [0, 0.1) is 0 Å². The zero-order chi connectivity index (χ0) is 16.1. The largest absolute Gasteiger partial charge is 0.497 e.